The van der Waals surface area contributed by atoms with Gasteiger partial charge in [-0.3, -0.25) is 9.36 Å². The molecule has 10 heteroatoms. The molecule has 33 heavy (non-hydrogen) atoms. The van der Waals surface area contributed by atoms with E-state index < -0.39 is 0 Å². The molecule has 2 aromatic carbocycles. The maximum Gasteiger partial charge on any atom is 0.203 e. The molecule has 0 unspecified atom stereocenters. The lowest BCUT2D eigenvalue weighted by molar-refractivity contribution is 0.102. The third kappa shape index (κ3) is 5.58. The van der Waals surface area contributed by atoms with Crippen molar-refractivity contribution in [2.24, 2.45) is 0 Å². The highest BCUT2D eigenvalue weighted by Gasteiger charge is 2.20. The van der Waals surface area contributed by atoms with E-state index in [1.807, 2.05) is 16.7 Å². The Morgan fingerprint density at radius 2 is 1.58 bits per heavy atom. The lowest BCUT2D eigenvalue weighted by atomic mass is 10.1. The van der Waals surface area contributed by atoms with Crippen LogP contribution < -0.4 is 18.9 Å². The monoisotopic (exact) mass is 473 g/mol. The highest BCUT2D eigenvalue weighted by molar-refractivity contribution is 7.99. The van der Waals surface area contributed by atoms with Gasteiger partial charge in [-0.15, -0.1) is 10.2 Å². The number of thioether (sulfide) groups is 1. The lowest BCUT2D eigenvalue weighted by Crippen LogP contribution is -2.09. The summed E-state index contributed by atoms with van der Waals surface area (Å²) < 4.78 is 28.7. The minimum atomic E-state index is -0.0155. The average molecular weight is 474 g/mol. The van der Waals surface area contributed by atoms with E-state index in [0.29, 0.717) is 52.7 Å². The fourth-order valence-corrected chi connectivity index (χ4v) is 4.05. The van der Waals surface area contributed by atoms with Crippen molar-refractivity contribution < 1.29 is 28.5 Å². The molecule has 0 fully saturated rings. The lowest BCUT2D eigenvalue weighted by Gasteiger charge is -2.15. The van der Waals surface area contributed by atoms with Crippen molar-refractivity contribution >= 4 is 17.5 Å². The predicted octanol–water partition coefficient (Wildman–Crippen LogP) is 3.60. The number of carbonyl (C=O) groups is 1. The molecular weight excluding hydrogens is 446 g/mol. The normalized spacial score (nSPS) is 10.7. The molecule has 0 atom stereocenters. The zero-order valence-corrected chi connectivity index (χ0v) is 20.1. The molecule has 0 spiro atoms. The van der Waals surface area contributed by atoms with E-state index in [1.165, 1.54) is 11.8 Å². The van der Waals surface area contributed by atoms with Gasteiger partial charge in [-0.1, -0.05) is 11.8 Å². The van der Waals surface area contributed by atoms with Crippen molar-refractivity contribution in [1.82, 2.24) is 14.8 Å². The van der Waals surface area contributed by atoms with Crippen LogP contribution in [0, 0.1) is 0 Å². The highest BCUT2D eigenvalue weighted by atomic mass is 32.2. The van der Waals surface area contributed by atoms with Gasteiger partial charge in [0.1, 0.15) is 5.75 Å². The number of hydrogen-bond acceptors (Lipinski definition) is 9. The number of hydrogen-bond donors (Lipinski definition) is 0. The van der Waals surface area contributed by atoms with Crippen LogP contribution in [-0.4, -0.2) is 68.5 Å². The van der Waals surface area contributed by atoms with E-state index in [0.717, 1.165) is 5.56 Å². The number of benzene rings is 2. The van der Waals surface area contributed by atoms with Crippen LogP contribution in [0.25, 0.3) is 11.4 Å². The molecule has 1 heterocycles. The summed E-state index contributed by atoms with van der Waals surface area (Å²) in [5.74, 6) is 3.02. The first-order valence-electron chi connectivity index (χ1n) is 10.1. The summed E-state index contributed by atoms with van der Waals surface area (Å²) in [6, 6.07) is 10.7. The molecule has 0 radical (unpaired) electrons. The number of rotatable bonds is 12. The summed E-state index contributed by atoms with van der Waals surface area (Å²) in [6.45, 7) is 0.962. The molecule has 176 valence electrons. The third-order valence-corrected chi connectivity index (χ3v) is 5.87. The van der Waals surface area contributed by atoms with E-state index in [1.54, 1.807) is 59.8 Å². The SMILES string of the molecule is COCCn1c(SCC(=O)c2ccc(OC)cc2)nnc1-c1cc(OC)c(OC)c(OC)c1. The fourth-order valence-electron chi connectivity index (χ4n) is 3.19. The minimum absolute atomic E-state index is 0.0155. The third-order valence-electron chi connectivity index (χ3n) is 4.90. The first kappa shape index (κ1) is 24.4. The van der Waals surface area contributed by atoms with Gasteiger partial charge in [0.15, 0.2) is 28.3 Å². The highest BCUT2D eigenvalue weighted by Crippen LogP contribution is 2.41. The molecule has 0 N–H and O–H groups in total. The standard InChI is InChI=1S/C23H27N3O6S/c1-28-11-10-26-22(16-12-19(30-3)21(32-5)20(13-16)31-4)24-25-23(26)33-14-18(27)15-6-8-17(29-2)9-7-15/h6-9,12-13H,10-11,14H2,1-5H3. The number of Topliss-reactive ketones (excluding diaryl/α,β-unsaturated/α-hetero) is 1. The van der Waals surface area contributed by atoms with Gasteiger partial charge in [-0.2, -0.15) is 0 Å². The Balaban J connectivity index is 1.89. The van der Waals surface area contributed by atoms with Crippen molar-refractivity contribution in [2.45, 2.75) is 11.7 Å². The van der Waals surface area contributed by atoms with Crippen LogP contribution in [0.5, 0.6) is 23.0 Å². The maximum atomic E-state index is 12.7. The molecular formula is C23H27N3O6S. The molecule has 3 rings (SSSR count). The van der Waals surface area contributed by atoms with E-state index in [-0.39, 0.29) is 11.5 Å². The Hall–Kier alpha value is -3.24. The van der Waals surface area contributed by atoms with Crippen molar-refractivity contribution in [3.63, 3.8) is 0 Å². The smallest absolute Gasteiger partial charge is 0.203 e. The van der Waals surface area contributed by atoms with Gasteiger partial charge in [0, 0.05) is 18.2 Å². The van der Waals surface area contributed by atoms with Crippen molar-refractivity contribution in [2.75, 3.05) is 47.9 Å². The van der Waals surface area contributed by atoms with Crippen LogP contribution in [0.2, 0.25) is 0 Å². The largest absolute Gasteiger partial charge is 0.497 e. The number of aromatic nitrogens is 3. The van der Waals surface area contributed by atoms with Crippen LogP contribution in [-0.2, 0) is 11.3 Å². The fraction of sp³-hybridized carbons (Fsp3) is 0.348. The molecule has 0 aliphatic carbocycles. The molecule has 0 aliphatic heterocycles. The van der Waals surface area contributed by atoms with Gasteiger partial charge in [-0.25, -0.2) is 0 Å². The van der Waals surface area contributed by atoms with Crippen LogP contribution in [0.4, 0.5) is 0 Å². The second-order valence-electron chi connectivity index (χ2n) is 6.80. The Labute approximate surface area is 197 Å². The minimum Gasteiger partial charge on any atom is -0.497 e. The van der Waals surface area contributed by atoms with Crippen LogP contribution in [0.1, 0.15) is 10.4 Å². The number of carbonyl (C=O) groups excluding carboxylic acids is 1. The summed E-state index contributed by atoms with van der Waals surface area (Å²) in [4.78, 5) is 12.7. The van der Waals surface area contributed by atoms with Gasteiger partial charge in [-0.05, 0) is 36.4 Å². The molecule has 3 aromatic rings. The van der Waals surface area contributed by atoms with E-state index in [9.17, 15) is 4.79 Å². The Morgan fingerprint density at radius 1 is 0.909 bits per heavy atom. The first-order chi connectivity index (χ1) is 16.1. The molecule has 0 amide bonds. The van der Waals surface area contributed by atoms with Gasteiger partial charge in [0.25, 0.3) is 0 Å². The van der Waals surface area contributed by atoms with Crippen LogP contribution in [0.15, 0.2) is 41.6 Å². The topological polar surface area (TPSA) is 93.9 Å². The van der Waals surface area contributed by atoms with Crippen LogP contribution >= 0.6 is 11.8 Å². The summed E-state index contributed by atoms with van der Waals surface area (Å²) in [6.07, 6.45) is 0. The molecule has 0 saturated heterocycles. The van der Waals surface area contributed by atoms with E-state index in [4.69, 9.17) is 23.7 Å². The van der Waals surface area contributed by atoms with Crippen molar-refractivity contribution in [3.05, 3.63) is 42.0 Å². The number of methoxy groups -OCH3 is 5. The van der Waals surface area contributed by atoms with E-state index >= 15 is 0 Å². The van der Waals surface area contributed by atoms with Gasteiger partial charge in [0.05, 0.1) is 47.3 Å². The van der Waals surface area contributed by atoms with Crippen LogP contribution in [0.3, 0.4) is 0 Å². The number of ether oxygens (including phenoxy) is 5. The van der Waals surface area contributed by atoms with Gasteiger partial charge in [0.2, 0.25) is 5.75 Å². The second-order valence-corrected chi connectivity index (χ2v) is 7.75. The quantitative estimate of drug-likeness (QED) is 0.289. The predicted molar refractivity (Wildman–Crippen MR) is 125 cm³/mol. The summed E-state index contributed by atoms with van der Waals surface area (Å²) in [7, 11) is 7.88. The Bertz CT molecular complexity index is 1060. The second kappa shape index (κ2) is 11.6. The summed E-state index contributed by atoms with van der Waals surface area (Å²) in [5, 5.41) is 9.31. The van der Waals surface area contributed by atoms with Gasteiger partial charge < -0.3 is 23.7 Å². The molecule has 1 aromatic heterocycles. The van der Waals surface area contributed by atoms with E-state index in [2.05, 4.69) is 10.2 Å². The average Bonchev–Trinajstić information content (AvgIpc) is 3.27. The van der Waals surface area contributed by atoms with Gasteiger partial charge >= 0.3 is 0 Å². The Kier molecular flexibility index (Phi) is 8.56. The Morgan fingerprint density at radius 3 is 2.12 bits per heavy atom. The first-order valence-corrected chi connectivity index (χ1v) is 11.1. The summed E-state index contributed by atoms with van der Waals surface area (Å²) in [5.41, 5.74) is 1.34. The van der Waals surface area contributed by atoms with Crippen molar-refractivity contribution in [1.29, 1.82) is 0 Å². The molecule has 0 bridgehead atoms. The van der Waals surface area contributed by atoms with Crippen molar-refractivity contribution in [3.8, 4) is 34.4 Å². The number of ketones is 1. The molecule has 0 aliphatic rings. The summed E-state index contributed by atoms with van der Waals surface area (Å²) >= 11 is 1.32. The maximum absolute atomic E-state index is 12.7. The molecule has 0 saturated carbocycles. The molecule has 9 nitrogen and oxygen atoms in total. The zero-order valence-electron chi connectivity index (χ0n) is 19.3. The zero-order chi connectivity index (χ0) is 23.8. The number of nitrogens with zero attached hydrogens (tertiary/aromatic N) is 3.